The van der Waals surface area contributed by atoms with Crippen LogP contribution in [0, 0.1) is 0 Å². The minimum atomic E-state index is -1.20. The van der Waals surface area contributed by atoms with Gasteiger partial charge in [-0.15, -0.1) is 11.8 Å². The number of allylic oxidation sites excluding steroid dienone is 1. The number of nitrogens with one attached hydrogen (secondary N) is 1. The molecule has 1 unspecified atom stereocenters. The summed E-state index contributed by atoms with van der Waals surface area (Å²) < 4.78 is 4.92. The van der Waals surface area contributed by atoms with E-state index in [2.05, 4.69) is 10.5 Å². The van der Waals surface area contributed by atoms with Crippen LogP contribution in [0.3, 0.4) is 0 Å². The third-order valence-corrected chi connectivity index (χ3v) is 5.02. The van der Waals surface area contributed by atoms with Crippen LogP contribution in [0.15, 0.2) is 27.4 Å². The summed E-state index contributed by atoms with van der Waals surface area (Å²) in [5.74, 6) is -2.58. The Morgan fingerprint density at radius 2 is 2.20 bits per heavy atom. The molecule has 0 spiro atoms. The Morgan fingerprint density at radius 3 is 2.80 bits per heavy atom. The van der Waals surface area contributed by atoms with Crippen LogP contribution in [0.1, 0.15) is 20.3 Å². The third kappa shape index (κ3) is 2.72. The summed E-state index contributed by atoms with van der Waals surface area (Å²) in [7, 11) is 0. The minimum absolute atomic E-state index is 0.109. The predicted octanol–water partition coefficient (Wildman–Crippen LogP) is -0.00590. The molecule has 1 saturated heterocycles. The van der Waals surface area contributed by atoms with Crippen LogP contribution in [0.5, 0.6) is 0 Å². The fraction of sp³-hybridized carbons (Fsp3) is 0.400. The zero-order valence-corrected chi connectivity index (χ0v) is 14.3. The highest BCUT2D eigenvalue weighted by Gasteiger charge is 2.52. The third-order valence-electron chi connectivity index (χ3n) is 3.95. The molecule has 3 aliphatic rings. The van der Waals surface area contributed by atoms with Gasteiger partial charge < -0.3 is 9.84 Å². The van der Waals surface area contributed by atoms with Crippen molar-refractivity contribution in [1.29, 1.82) is 0 Å². The van der Waals surface area contributed by atoms with E-state index in [0.29, 0.717) is 5.71 Å². The Hall–Kier alpha value is -2.62. The summed E-state index contributed by atoms with van der Waals surface area (Å²) in [4.78, 5) is 48.6. The van der Waals surface area contributed by atoms with Gasteiger partial charge in [0.25, 0.3) is 5.91 Å². The molecule has 0 radical (unpaired) electrons. The molecule has 10 heteroatoms. The number of carbonyl (C=O) groups is 4. The number of thioether (sulfide) groups is 1. The molecule has 0 aliphatic carbocycles. The van der Waals surface area contributed by atoms with Crippen LogP contribution in [0.25, 0.3) is 0 Å². The average molecular weight is 365 g/mol. The maximum atomic E-state index is 12.4. The largest absolute Gasteiger partial charge is 0.477 e. The highest BCUT2D eigenvalue weighted by atomic mass is 32.2. The Balaban J connectivity index is 1.86. The zero-order valence-electron chi connectivity index (χ0n) is 13.4. The van der Waals surface area contributed by atoms with Gasteiger partial charge in [-0.05, 0) is 13.8 Å². The van der Waals surface area contributed by atoms with E-state index in [0.717, 1.165) is 16.7 Å². The Morgan fingerprint density at radius 1 is 1.48 bits per heavy atom. The summed E-state index contributed by atoms with van der Waals surface area (Å²) in [5, 5.41) is 13.9. The molecular weight excluding hydrogens is 350 g/mol. The highest BCUT2D eigenvalue weighted by Crippen LogP contribution is 2.46. The summed E-state index contributed by atoms with van der Waals surface area (Å²) in [6, 6.07) is -0.708. The molecule has 0 aromatic rings. The molecule has 0 saturated carbocycles. The molecule has 1 amide bonds. The molecule has 3 rings (SSSR count). The summed E-state index contributed by atoms with van der Waals surface area (Å²) in [6.07, 6.45) is 0.126. The van der Waals surface area contributed by atoms with Gasteiger partial charge in [0.1, 0.15) is 17.1 Å². The lowest BCUT2D eigenvalue weighted by atomic mass is 9.90. The first-order valence-corrected chi connectivity index (χ1v) is 8.47. The Labute approximate surface area is 146 Å². The van der Waals surface area contributed by atoms with E-state index in [-0.39, 0.29) is 35.7 Å². The number of carbonyl (C=O) groups excluding carboxylic acids is 3. The number of ether oxygens (including phenoxy) is 1. The number of carboxylic acids is 1. The van der Waals surface area contributed by atoms with Crippen molar-refractivity contribution >= 4 is 41.1 Å². The van der Waals surface area contributed by atoms with Gasteiger partial charge in [-0.3, -0.25) is 19.9 Å². The molecule has 0 aromatic carbocycles. The van der Waals surface area contributed by atoms with Gasteiger partial charge >= 0.3 is 11.9 Å². The van der Waals surface area contributed by atoms with E-state index in [1.165, 1.54) is 12.3 Å². The summed E-state index contributed by atoms with van der Waals surface area (Å²) >= 11 is 1.15. The first-order valence-electron chi connectivity index (χ1n) is 7.53. The summed E-state index contributed by atoms with van der Waals surface area (Å²) in [6.45, 7) is 3.22. The second-order valence-corrected chi connectivity index (χ2v) is 6.47. The number of rotatable bonds is 5. The van der Waals surface area contributed by atoms with Crippen molar-refractivity contribution < 1.29 is 29.0 Å². The van der Waals surface area contributed by atoms with Gasteiger partial charge in [-0.2, -0.15) is 5.10 Å². The molecule has 25 heavy (non-hydrogen) atoms. The van der Waals surface area contributed by atoms with Crippen LogP contribution in [0.2, 0.25) is 0 Å². The van der Waals surface area contributed by atoms with Crippen molar-refractivity contribution in [3.8, 4) is 0 Å². The molecule has 132 valence electrons. The van der Waals surface area contributed by atoms with Crippen molar-refractivity contribution in [2.24, 2.45) is 5.10 Å². The van der Waals surface area contributed by atoms with Gasteiger partial charge in [-0.25, -0.2) is 9.59 Å². The quantitative estimate of drug-likeness (QED) is 0.396. The molecule has 0 aromatic heterocycles. The molecule has 9 nitrogen and oxygen atoms in total. The number of ketones is 1. The number of aliphatic carboxylic acids is 1. The molecule has 2 N–H and O–H groups in total. The lowest BCUT2D eigenvalue weighted by molar-refractivity contribution is -0.145. The second-order valence-electron chi connectivity index (χ2n) is 5.51. The second kappa shape index (κ2) is 6.36. The van der Waals surface area contributed by atoms with Crippen LogP contribution in [-0.4, -0.2) is 57.4 Å². The normalized spacial score (nSPS) is 26.2. The number of β-lactam (4-membered cyclic amide) rings is 1. The number of hydrogen-bond donors (Lipinski definition) is 2. The monoisotopic (exact) mass is 365 g/mol. The number of carboxylic acid groups (broad SMARTS) is 1. The van der Waals surface area contributed by atoms with Gasteiger partial charge in [0.05, 0.1) is 23.5 Å². The molecule has 3 heterocycles. The maximum absolute atomic E-state index is 12.4. The minimum Gasteiger partial charge on any atom is -0.477 e. The van der Waals surface area contributed by atoms with Crippen LogP contribution >= 0.6 is 11.8 Å². The first-order chi connectivity index (χ1) is 11.9. The van der Waals surface area contributed by atoms with E-state index in [4.69, 9.17) is 9.84 Å². The number of Topliss-reactive ketones (excluding diaryl/α,β-unsaturated/α-hetero) is 1. The molecule has 2 atom stereocenters. The van der Waals surface area contributed by atoms with Gasteiger partial charge in [0.15, 0.2) is 5.78 Å². The predicted molar refractivity (Wildman–Crippen MR) is 87.3 cm³/mol. The molecule has 0 bridgehead atoms. The van der Waals surface area contributed by atoms with E-state index in [1.807, 2.05) is 0 Å². The summed E-state index contributed by atoms with van der Waals surface area (Å²) in [5.41, 5.74) is 3.17. The number of nitrogens with zero attached hydrogens (tertiary/aromatic N) is 2. The maximum Gasteiger partial charge on any atom is 0.353 e. The van der Waals surface area contributed by atoms with Crippen molar-refractivity contribution in [2.45, 2.75) is 31.7 Å². The lowest BCUT2D eigenvalue weighted by Crippen LogP contribution is -2.52. The highest BCUT2D eigenvalue weighted by molar-refractivity contribution is 8.03. The van der Waals surface area contributed by atoms with E-state index >= 15 is 0 Å². The van der Waals surface area contributed by atoms with E-state index < -0.39 is 29.3 Å². The molecule has 1 fully saturated rings. The number of amides is 1. The fourth-order valence-corrected chi connectivity index (χ4v) is 4.02. The van der Waals surface area contributed by atoms with Crippen molar-refractivity contribution in [3.63, 3.8) is 0 Å². The van der Waals surface area contributed by atoms with Crippen molar-refractivity contribution in [2.75, 3.05) is 6.61 Å². The topological polar surface area (TPSA) is 125 Å². The van der Waals surface area contributed by atoms with Crippen molar-refractivity contribution in [1.82, 2.24) is 10.3 Å². The van der Waals surface area contributed by atoms with Crippen LogP contribution in [-0.2, 0) is 23.9 Å². The SMILES string of the molecule is CCOC(=O)C1CC(/C(C(C)=O)=C2\C(=O)N3C(C(=O)O)=CS[C@@H]23)=NN1. The van der Waals surface area contributed by atoms with Crippen LogP contribution < -0.4 is 5.43 Å². The average Bonchev–Trinajstić information content (AvgIpc) is 3.17. The fourth-order valence-electron chi connectivity index (χ4n) is 2.86. The first kappa shape index (κ1) is 17.2. The zero-order chi connectivity index (χ0) is 18.3. The number of hydrazone groups is 1. The standard InChI is InChI=1S/C15H15N3O6S/c1-3-24-15(23)8-4-7(16-17-8)10(6(2)19)11-12(20)18-9(14(21)22)5-25-13(11)18/h5,8,13,17H,3-4H2,1-2H3,(H,21,22)/b11-10+/t8?,13-/m0/s1. The van der Waals surface area contributed by atoms with Gasteiger partial charge in [0.2, 0.25) is 0 Å². The molecular formula is C15H15N3O6S. The lowest BCUT2D eigenvalue weighted by Gasteiger charge is -2.38. The smallest absolute Gasteiger partial charge is 0.353 e. The Bertz CT molecular complexity index is 784. The number of hydrogen-bond acceptors (Lipinski definition) is 8. The number of fused-ring (bicyclic) bond motifs is 1. The van der Waals surface area contributed by atoms with Gasteiger partial charge in [-0.1, -0.05) is 0 Å². The number of esters is 1. The van der Waals surface area contributed by atoms with Gasteiger partial charge in [0, 0.05) is 11.8 Å². The molecule has 3 aliphatic heterocycles. The van der Waals surface area contributed by atoms with E-state index in [9.17, 15) is 19.2 Å². The van der Waals surface area contributed by atoms with E-state index in [1.54, 1.807) is 6.92 Å². The Kier molecular flexibility index (Phi) is 4.38. The van der Waals surface area contributed by atoms with Crippen LogP contribution in [0.4, 0.5) is 0 Å². The van der Waals surface area contributed by atoms with Crippen molar-refractivity contribution in [3.05, 3.63) is 22.3 Å².